The molecule has 0 aliphatic carbocycles. The zero-order valence-electron chi connectivity index (χ0n) is 13.2. The number of benzene rings is 1. The van der Waals surface area contributed by atoms with Crippen LogP contribution in [0.1, 0.15) is 18.9 Å². The highest BCUT2D eigenvalue weighted by atomic mass is 19.1. The number of hydrogen-bond donors (Lipinski definition) is 3. The summed E-state index contributed by atoms with van der Waals surface area (Å²) >= 11 is 0. The largest absolute Gasteiger partial charge is 0.391 e. The molecular formula is C16H20FN3O4. The smallest absolute Gasteiger partial charge is 0.243 e. The van der Waals surface area contributed by atoms with Crippen molar-refractivity contribution in [2.24, 2.45) is 5.73 Å². The Morgan fingerprint density at radius 1 is 1.42 bits per heavy atom. The van der Waals surface area contributed by atoms with Crippen LogP contribution >= 0.6 is 0 Å². The van der Waals surface area contributed by atoms with E-state index in [4.69, 9.17) is 5.73 Å². The van der Waals surface area contributed by atoms with Crippen LogP contribution in [0.15, 0.2) is 24.3 Å². The molecule has 0 spiro atoms. The van der Waals surface area contributed by atoms with Crippen LogP contribution in [0, 0.1) is 5.82 Å². The maximum Gasteiger partial charge on any atom is 0.243 e. The third-order valence-corrected chi connectivity index (χ3v) is 4.03. The first-order valence-electron chi connectivity index (χ1n) is 7.58. The van der Waals surface area contributed by atoms with E-state index in [1.165, 1.54) is 30.0 Å². The summed E-state index contributed by atoms with van der Waals surface area (Å²) in [6, 6.07) is 3.89. The lowest BCUT2D eigenvalue weighted by atomic mass is 10.0. The van der Waals surface area contributed by atoms with Gasteiger partial charge in [-0.1, -0.05) is 18.2 Å². The van der Waals surface area contributed by atoms with E-state index in [0.717, 1.165) is 0 Å². The van der Waals surface area contributed by atoms with E-state index in [1.54, 1.807) is 6.07 Å². The van der Waals surface area contributed by atoms with Crippen LogP contribution in [-0.4, -0.2) is 52.5 Å². The summed E-state index contributed by atoms with van der Waals surface area (Å²) in [5, 5.41) is 12.1. The van der Waals surface area contributed by atoms with Crippen molar-refractivity contribution in [1.82, 2.24) is 10.2 Å². The molecule has 1 heterocycles. The maximum absolute atomic E-state index is 13.7. The van der Waals surface area contributed by atoms with Gasteiger partial charge in [0.15, 0.2) is 0 Å². The second-order valence-corrected chi connectivity index (χ2v) is 5.84. The number of nitrogens with zero attached hydrogens (tertiary/aromatic N) is 1. The zero-order chi connectivity index (χ0) is 17.9. The Morgan fingerprint density at radius 3 is 2.67 bits per heavy atom. The standard InChI is InChI=1S/C16H20FN3O4/c1-9(21)20-8-11(22)7-14(20)16(24)19-13(15(18)23)6-10-4-2-3-5-12(10)17/h2-5,11,13-14,22H,6-8H2,1H3,(H2,18,23)(H,19,24)/t11-,13+,14+/m1/s1. The third kappa shape index (κ3) is 4.08. The lowest BCUT2D eigenvalue weighted by Crippen LogP contribution is -2.52. The van der Waals surface area contributed by atoms with E-state index in [-0.39, 0.29) is 30.9 Å². The van der Waals surface area contributed by atoms with Gasteiger partial charge in [0.25, 0.3) is 0 Å². The predicted octanol–water partition coefficient (Wildman–Crippen LogP) is -0.680. The Bertz CT molecular complexity index is 652. The van der Waals surface area contributed by atoms with E-state index in [1.807, 2.05) is 0 Å². The molecule has 0 unspecified atom stereocenters. The van der Waals surface area contributed by atoms with Gasteiger partial charge in [-0.25, -0.2) is 4.39 Å². The van der Waals surface area contributed by atoms with Crippen molar-refractivity contribution in [2.45, 2.75) is 38.0 Å². The number of aliphatic hydroxyl groups is 1. The molecular weight excluding hydrogens is 317 g/mol. The summed E-state index contributed by atoms with van der Waals surface area (Å²) < 4.78 is 13.7. The molecule has 1 aromatic rings. The predicted molar refractivity (Wildman–Crippen MR) is 83.0 cm³/mol. The molecule has 1 saturated heterocycles. The fourth-order valence-electron chi connectivity index (χ4n) is 2.78. The summed E-state index contributed by atoms with van der Waals surface area (Å²) in [6.07, 6.45) is -0.817. The summed E-state index contributed by atoms with van der Waals surface area (Å²) in [6.45, 7) is 1.35. The molecule has 0 aromatic heterocycles. The van der Waals surface area contributed by atoms with Gasteiger partial charge < -0.3 is 21.1 Å². The highest BCUT2D eigenvalue weighted by molar-refractivity contribution is 5.91. The van der Waals surface area contributed by atoms with Crippen LogP contribution in [0.5, 0.6) is 0 Å². The number of primary amides is 1. The molecule has 1 aliphatic rings. The van der Waals surface area contributed by atoms with Gasteiger partial charge >= 0.3 is 0 Å². The SMILES string of the molecule is CC(=O)N1C[C@H](O)C[C@H]1C(=O)N[C@@H](Cc1ccccc1F)C(N)=O. The average Bonchev–Trinajstić information content (AvgIpc) is 2.91. The molecule has 1 aliphatic heterocycles. The fraction of sp³-hybridized carbons (Fsp3) is 0.438. The molecule has 0 saturated carbocycles. The average molecular weight is 337 g/mol. The lowest BCUT2D eigenvalue weighted by molar-refractivity contribution is -0.138. The van der Waals surface area contributed by atoms with Crippen molar-refractivity contribution >= 4 is 17.7 Å². The minimum absolute atomic E-state index is 0.0575. The van der Waals surface area contributed by atoms with Crippen LogP contribution in [0.3, 0.4) is 0 Å². The number of halogens is 1. The Hall–Kier alpha value is -2.48. The first kappa shape index (κ1) is 17.9. The summed E-state index contributed by atoms with van der Waals surface area (Å²) in [5.74, 6) is -2.25. The van der Waals surface area contributed by atoms with Crippen LogP contribution in [0.2, 0.25) is 0 Å². The van der Waals surface area contributed by atoms with Crippen molar-refractivity contribution < 1.29 is 23.9 Å². The number of nitrogens with two attached hydrogens (primary N) is 1. The van der Waals surface area contributed by atoms with Gasteiger partial charge in [-0.2, -0.15) is 0 Å². The second-order valence-electron chi connectivity index (χ2n) is 5.84. The number of hydrogen-bond acceptors (Lipinski definition) is 4. The topological polar surface area (TPSA) is 113 Å². The number of likely N-dealkylation sites (tertiary alicyclic amines) is 1. The van der Waals surface area contributed by atoms with E-state index in [2.05, 4.69) is 5.32 Å². The van der Waals surface area contributed by atoms with Crippen molar-refractivity contribution in [3.63, 3.8) is 0 Å². The Labute approximate surface area is 138 Å². The van der Waals surface area contributed by atoms with Gasteiger partial charge in [0.1, 0.15) is 17.9 Å². The Morgan fingerprint density at radius 2 is 2.08 bits per heavy atom. The van der Waals surface area contributed by atoms with Crippen LogP contribution in [0.25, 0.3) is 0 Å². The van der Waals surface area contributed by atoms with Crippen molar-refractivity contribution in [2.75, 3.05) is 6.54 Å². The number of aliphatic hydroxyl groups excluding tert-OH is 1. The summed E-state index contributed by atoms with van der Waals surface area (Å²) in [7, 11) is 0. The highest BCUT2D eigenvalue weighted by Crippen LogP contribution is 2.18. The van der Waals surface area contributed by atoms with Crippen LogP contribution < -0.4 is 11.1 Å². The third-order valence-electron chi connectivity index (χ3n) is 4.03. The number of rotatable bonds is 5. The lowest BCUT2D eigenvalue weighted by Gasteiger charge is -2.24. The molecule has 8 heteroatoms. The molecule has 7 nitrogen and oxygen atoms in total. The van der Waals surface area contributed by atoms with Crippen molar-refractivity contribution in [3.05, 3.63) is 35.6 Å². The molecule has 2 rings (SSSR count). The molecule has 1 fully saturated rings. The molecule has 0 bridgehead atoms. The van der Waals surface area contributed by atoms with Crippen molar-refractivity contribution in [3.8, 4) is 0 Å². The van der Waals surface area contributed by atoms with Gasteiger partial charge in [0.2, 0.25) is 17.7 Å². The summed E-state index contributed by atoms with van der Waals surface area (Å²) in [5.41, 5.74) is 5.54. The molecule has 3 atom stereocenters. The van der Waals surface area contributed by atoms with E-state index in [0.29, 0.717) is 0 Å². The van der Waals surface area contributed by atoms with Gasteiger partial charge in [-0.3, -0.25) is 14.4 Å². The van der Waals surface area contributed by atoms with E-state index >= 15 is 0 Å². The number of carbonyl (C=O) groups is 3. The first-order chi connectivity index (χ1) is 11.3. The van der Waals surface area contributed by atoms with Crippen LogP contribution in [-0.2, 0) is 20.8 Å². The van der Waals surface area contributed by atoms with Gasteiger partial charge in [0, 0.05) is 26.3 Å². The molecule has 24 heavy (non-hydrogen) atoms. The van der Waals surface area contributed by atoms with Gasteiger partial charge in [-0.05, 0) is 11.6 Å². The number of carbonyl (C=O) groups excluding carboxylic acids is 3. The molecule has 130 valence electrons. The van der Waals surface area contributed by atoms with E-state index < -0.39 is 35.8 Å². The normalized spacial score (nSPS) is 21.4. The fourth-order valence-corrected chi connectivity index (χ4v) is 2.78. The van der Waals surface area contributed by atoms with E-state index in [9.17, 15) is 23.9 Å². The quantitative estimate of drug-likeness (QED) is 0.661. The Kier molecular flexibility index (Phi) is 5.50. The zero-order valence-corrected chi connectivity index (χ0v) is 13.2. The molecule has 3 amide bonds. The molecule has 4 N–H and O–H groups in total. The highest BCUT2D eigenvalue weighted by Gasteiger charge is 2.38. The summed E-state index contributed by atoms with van der Waals surface area (Å²) in [4.78, 5) is 36.8. The van der Waals surface area contributed by atoms with Gasteiger partial charge in [-0.15, -0.1) is 0 Å². The van der Waals surface area contributed by atoms with Crippen molar-refractivity contribution in [1.29, 1.82) is 0 Å². The second kappa shape index (κ2) is 7.39. The first-order valence-corrected chi connectivity index (χ1v) is 7.58. The number of amides is 3. The minimum Gasteiger partial charge on any atom is -0.391 e. The maximum atomic E-state index is 13.7. The monoisotopic (exact) mass is 337 g/mol. The van der Waals surface area contributed by atoms with Gasteiger partial charge in [0.05, 0.1) is 6.10 Å². The molecule has 1 aromatic carbocycles. The molecule has 0 radical (unpaired) electrons. The number of β-amino-alcohol motifs (C(OH)–C–C–N with tert-alkyl or cyclic N) is 1. The number of nitrogens with one attached hydrogen (secondary N) is 1. The minimum atomic E-state index is -1.11. The Balaban J connectivity index is 2.10. The van der Waals surface area contributed by atoms with Crippen LogP contribution in [0.4, 0.5) is 4.39 Å².